The second-order valence-corrected chi connectivity index (χ2v) is 13.9. The van der Waals surface area contributed by atoms with E-state index in [1.54, 1.807) is 20.2 Å². The molecule has 10 nitrogen and oxygen atoms in total. The molecule has 2 unspecified atom stereocenters. The monoisotopic (exact) mass is 649 g/mol. The summed E-state index contributed by atoms with van der Waals surface area (Å²) in [6.45, 7) is 3.45. The molecule has 1 N–H and O–H groups in total. The molecule has 4 aliphatic heterocycles. The number of piperazine rings is 1. The number of benzene rings is 2. The quantitative estimate of drug-likeness (QED) is 0.278. The van der Waals surface area contributed by atoms with Gasteiger partial charge in [0.2, 0.25) is 0 Å². The average Bonchev–Trinajstić information content (AvgIpc) is 3.77. The van der Waals surface area contributed by atoms with Crippen LogP contribution in [0.4, 0.5) is 15.0 Å². The number of terminal acetylenes is 1. The van der Waals surface area contributed by atoms with Gasteiger partial charge in [-0.3, -0.25) is 4.90 Å². The van der Waals surface area contributed by atoms with Gasteiger partial charge >= 0.3 is 12.1 Å². The Morgan fingerprint density at radius 3 is 2.71 bits per heavy atom. The van der Waals surface area contributed by atoms with Gasteiger partial charge in [-0.05, 0) is 68.7 Å². The lowest BCUT2D eigenvalue weighted by atomic mass is 9.95. The molecule has 2 bridgehead atoms. The summed E-state index contributed by atoms with van der Waals surface area (Å²) in [7, 11) is 3.39. The fourth-order valence-corrected chi connectivity index (χ4v) is 8.39. The van der Waals surface area contributed by atoms with Gasteiger partial charge in [0.05, 0.1) is 22.2 Å². The molecule has 0 radical (unpaired) electrons. The van der Waals surface area contributed by atoms with Crippen LogP contribution in [0, 0.1) is 18.2 Å². The number of hydrogen-bond acceptors (Lipinski definition) is 9. The number of hydrogen-bond donors (Lipinski definition) is 1. The normalized spacial score (nSPS) is 25.0. The molecular formula is C37H40FN7O3. The second-order valence-electron chi connectivity index (χ2n) is 13.9. The number of anilines is 1. The van der Waals surface area contributed by atoms with Crippen molar-refractivity contribution in [1.29, 1.82) is 0 Å². The Morgan fingerprint density at radius 2 is 1.92 bits per heavy atom. The standard InChI is InChI=1S/C37H40FN7O3/c1-4-27-30(38)13-9-23-7-5-8-28(32(23)27)31-14-12-29-33(40-31)41-35(42-34(29)44-19-24-10-11-25(20-44)39-24)48-22-37-16-6-18-45(37)26(15-17-37)21-47-36(46)43(2)3/h1,5,7-9,12-14,24-26,39H,6,10-11,15-22H2,2-3H3/t24?,25?,26-,37-/m1/s1. The summed E-state index contributed by atoms with van der Waals surface area (Å²) in [5.74, 6) is 2.94. The largest absolute Gasteiger partial charge is 0.461 e. The molecule has 0 spiro atoms. The summed E-state index contributed by atoms with van der Waals surface area (Å²) in [5.41, 5.74) is 1.99. The predicted molar refractivity (Wildman–Crippen MR) is 183 cm³/mol. The van der Waals surface area contributed by atoms with Crippen LogP contribution < -0.4 is 15.0 Å². The summed E-state index contributed by atoms with van der Waals surface area (Å²) < 4.78 is 27.0. The Kier molecular flexibility index (Phi) is 7.80. The van der Waals surface area contributed by atoms with Gasteiger partial charge in [0, 0.05) is 56.3 Å². The summed E-state index contributed by atoms with van der Waals surface area (Å²) in [6, 6.07) is 14.2. The summed E-state index contributed by atoms with van der Waals surface area (Å²) in [4.78, 5) is 33.4. The highest BCUT2D eigenvalue weighted by Gasteiger charge is 2.50. The lowest BCUT2D eigenvalue weighted by Gasteiger charge is -2.35. The van der Waals surface area contributed by atoms with E-state index < -0.39 is 5.82 Å². The third-order valence-electron chi connectivity index (χ3n) is 10.7. The van der Waals surface area contributed by atoms with Crippen molar-refractivity contribution in [2.24, 2.45) is 0 Å². The maximum Gasteiger partial charge on any atom is 0.409 e. The van der Waals surface area contributed by atoms with Crippen molar-refractivity contribution in [2.75, 3.05) is 51.8 Å². The Balaban J connectivity index is 1.14. The molecule has 8 rings (SSSR count). The molecule has 0 aliphatic carbocycles. The SMILES string of the molecule is C#Cc1c(F)ccc2cccc(-c3ccc4c(N5CC6CCC(C5)N6)nc(OC[C@]56CCCN5[C@@H](COC(=O)N(C)C)CC6)nc4n3)c12. The van der Waals surface area contributed by atoms with Crippen molar-refractivity contribution in [1.82, 2.24) is 30.1 Å². The number of ether oxygens (including phenoxy) is 2. The Hall–Kier alpha value is -4.53. The summed E-state index contributed by atoms with van der Waals surface area (Å²) in [5, 5.41) is 6.06. The maximum absolute atomic E-state index is 14.9. The van der Waals surface area contributed by atoms with Crippen molar-refractivity contribution in [2.45, 2.75) is 62.2 Å². The predicted octanol–water partition coefficient (Wildman–Crippen LogP) is 4.98. The molecule has 0 saturated carbocycles. The van der Waals surface area contributed by atoms with Crippen molar-refractivity contribution in [3.05, 3.63) is 53.8 Å². The first-order valence-electron chi connectivity index (χ1n) is 16.9. The highest BCUT2D eigenvalue weighted by Crippen LogP contribution is 2.43. The zero-order valence-corrected chi connectivity index (χ0v) is 27.4. The number of carbonyl (C=O) groups excluding carboxylic acids is 1. The zero-order chi connectivity index (χ0) is 33.0. The van der Waals surface area contributed by atoms with Crippen molar-refractivity contribution >= 4 is 33.7 Å². The van der Waals surface area contributed by atoms with Gasteiger partial charge in [-0.1, -0.05) is 30.2 Å². The van der Waals surface area contributed by atoms with E-state index in [1.807, 2.05) is 30.3 Å². The maximum atomic E-state index is 14.9. The number of amides is 1. The highest BCUT2D eigenvalue weighted by molar-refractivity contribution is 6.01. The Morgan fingerprint density at radius 1 is 1.08 bits per heavy atom. The minimum Gasteiger partial charge on any atom is -0.461 e. The molecule has 2 aromatic heterocycles. The highest BCUT2D eigenvalue weighted by atomic mass is 19.1. The van der Waals surface area contributed by atoms with E-state index in [0.29, 0.717) is 48.0 Å². The topological polar surface area (TPSA) is 96.0 Å². The van der Waals surface area contributed by atoms with E-state index in [9.17, 15) is 9.18 Å². The minimum absolute atomic E-state index is 0.157. The van der Waals surface area contributed by atoms with Crippen LogP contribution in [0.5, 0.6) is 6.01 Å². The van der Waals surface area contributed by atoms with E-state index >= 15 is 0 Å². The number of nitrogens with zero attached hydrogens (tertiary/aromatic N) is 6. The van der Waals surface area contributed by atoms with Crippen molar-refractivity contribution in [3.63, 3.8) is 0 Å². The van der Waals surface area contributed by atoms with E-state index in [4.69, 9.17) is 30.8 Å². The number of rotatable bonds is 7. The molecule has 4 saturated heterocycles. The molecule has 11 heteroatoms. The van der Waals surface area contributed by atoms with Crippen LogP contribution in [0.3, 0.4) is 0 Å². The van der Waals surface area contributed by atoms with Gasteiger partial charge in [-0.25, -0.2) is 14.2 Å². The molecule has 48 heavy (non-hydrogen) atoms. The molecule has 248 valence electrons. The third-order valence-corrected chi connectivity index (χ3v) is 10.7. The first-order valence-corrected chi connectivity index (χ1v) is 16.9. The lowest BCUT2D eigenvalue weighted by molar-refractivity contribution is 0.0484. The van der Waals surface area contributed by atoms with Gasteiger partial charge < -0.3 is 24.6 Å². The molecular weight excluding hydrogens is 609 g/mol. The van der Waals surface area contributed by atoms with Gasteiger partial charge in [0.1, 0.15) is 24.8 Å². The van der Waals surface area contributed by atoms with Crippen LogP contribution in [0.1, 0.15) is 44.1 Å². The van der Waals surface area contributed by atoms with Gasteiger partial charge in [0.25, 0.3) is 0 Å². The fraction of sp³-hybridized carbons (Fsp3) is 0.459. The second kappa shape index (κ2) is 12.2. The molecule has 4 atom stereocenters. The first-order chi connectivity index (χ1) is 23.3. The number of carbonyl (C=O) groups is 1. The molecule has 4 aliphatic rings. The molecule has 6 heterocycles. The van der Waals surface area contributed by atoms with Crippen LogP contribution in [0.2, 0.25) is 0 Å². The number of halogens is 1. The summed E-state index contributed by atoms with van der Waals surface area (Å²) >= 11 is 0. The summed E-state index contributed by atoms with van der Waals surface area (Å²) in [6.07, 6.45) is 11.7. The van der Waals surface area contributed by atoms with E-state index in [-0.39, 0.29) is 23.2 Å². The van der Waals surface area contributed by atoms with Gasteiger partial charge in [-0.15, -0.1) is 6.42 Å². The molecule has 4 aromatic rings. The molecule has 4 fully saturated rings. The number of pyridine rings is 1. The minimum atomic E-state index is -0.433. The first kappa shape index (κ1) is 30.8. The average molecular weight is 650 g/mol. The van der Waals surface area contributed by atoms with Crippen LogP contribution in [-0.4, -0.2) is 101 Å². The fourth-order valence-electron chi connectivity index (χ4n) is 8.39. The van der Waals surface area contributed by atoms with Crippen LogP contribution in [0.25, 0.3) is 33.1 Å². The van der Waals surface area contributed by atoms with E-state index in [0.717, 1.165) is 80.3 Å². The lowest BCUT2D eigenvalue weighted by Crippen LogP contribution is -2.51. The van der Waals surface area contributed by atoms with Crippen LogP contribution >= 0.6 is 0 Å². The van der Waals surface area contributed by atoms with E-state index in [1.165, 1.54) is 11.0 Å². The number of nitrogens with one attached hydrogen (secondary N) is 1. The van der Waals surface area contributed by atoms with Gasteiger partial charge in [-0.2, -0.15) is 9.97 Å². The number of aromatic nitrogens is 3. The zero-order valence-electron chi connectivity index (χ0n) is 27.4. The van der Waals surface area contributed by atoms with Crippen LogP contribution in [-0.2, 0) is 4.74 Å². The van der Waals surface area contributed by atoms with Crippen molar-refractivity contribution < 1.29 is 18.7 Å². The third kappa shape index (κ3) is 5.37. The molecule has 1 amide bonds. The van der Waals surface area contributed by atoms with E-state index in [2.05, 4.69) is 21.0 Å². The molecule has 2 aromatic carbocycles. The van der Waals surface area contributed by atoms with Gasteiger partial charge in [0.15, 0.2) is 5.65 Å². The Bertz CT molecular complexity index is 1930. The Labute approximate surface area is 279 Å². The number of fused-ring (bicyclic) bond motifs is 5. The van der Waals surface area contributed by atoms with Crippen molar-refractivity contribution in [3.8, 4) is 29.6 Å². The smallest absolute Gasteiger partial charge is 0.409 e. The van der Waals surface area contributed by atoms with Crippen LogP contribution in [0.15, 0.2) is 42.5 Å².